The van der Waals surface area contributed by atoms with Crippen molar-refractivity contribution in [1.82, 2.24) is 9.88 Å². The van der Waals surface area contributed by atoms with Crippen molar-refractivity contribution in [1.29, 1.82) is 0 Å². The molecule has 0 radical (unpaired) electrons. The average Bonchev–Trinajstić information content (AvgIpc) is 3.33. The first kappa shape index (κ1) is 23.7. The molecule has 0 aliphatic carbocycles. The number of likely N-dealkylation sites (tertiary alicyclic amines) is 1. The summed E-state index contributed by atoms with van der Waals surface area (Å²) in [5, 5.41) is 20.1. The van der Waals surface area contributed by atoms with Gasteiger partial charge in [-0.05, 0) is 43.0 Å². The fourth-order valence-corrected chi connectivity index (χ4v) is 5.11. The van der Waals surface area contributed by atoms with Crippen molar-refractivity contribution in [3.63, 3.8) is 0 Å². The maximum atomic E-state index is 13.6. The summed E-state index contributed by atoms with van der Waals surface area (Å²) in [7, 11) is 0. The molecular weight excluding hydrogens is 449 g/mol. The van der Waals surface area contributed by atoms with Crippen LogP contribution in [0.2, 0.25) is 0 Å². The van der Waals surface area contributed by atoms with E-state index in [0.29, 0.717) is 4.88 Å². The van der Waals surface area contributed by atoms with E-state index in [9.17, 15) is 37.8 Å². The number of carboxylic acid groups (broad SMARTS) is 2. The smallest absolute Gasteiger partial charge is 0.416 e. The molecule has 11 heteroatoms. The summed E-state index contributed by atoms with van der Waals surface area (Å²) in [5.41, 5.74) is -1.51. The van der Waals surface area contributed by atoms with E-state index in [-0.39, 0.29) is 24.3 Å². The van der Waals surface area contributed by atoms with E-state index in [1.54, 1.807) is 13.8 Å². The lowest BCUT2D eigenvalue weighted by molar-refractivity contribution is -0.150. The Hall–Kier alpha value is -2.95. The number of carbonyl (C=O) groups excluding carboxylic acids is 1. The monoisotopic (exact) mass is 470 g/mol. The third-order valence-corrected chi connectivity index (χ3v) is 6.41. The van der Waals surface area contributed by atoms with Crippen LogP contribution in [0.25, 0.3) is 0 Å². The van der Waals surface area contributed by atoms with Gasteiger partial charge < -0.3 is 15.1 Å². The van der Waals surface area contributed by atoms with Crippen molar-refractivity contribution >= 4 is 29.2 Å². The second kappa shape index (κ2) is 8.53. The summed E-state index contributed by atoms with van der Waals surface area (Å²) in [6, 6.07) is 2.31. The number of carboxylic acids is 2. The highest BCUT2D eigenvalue weighted by molar-refractivity contribution is 7.09. The van der Waals surface area contributed by atoms with Crippen molar-refractivity contribution in [2.45, 2.75) is 44.4 Å². The number of carbonyl (C=O) groups is 3. The summed E-state index contributed by atoms with van der Waals surface area (Å²) in [5.74, 6) is -4.89. The predicted molar refractivity (Wildman–Crippen MR) is 108 cm³/mol. The van der Waals surface area contributed by atoms with Crippen LogP contribution < -0.4 is 0 Å². The molecule has 2 aromatic rings. The first-order valence-corrected chi connectivity index (χ1v) is 10.6. The van der Waals surface area contributed by atoms with Gasteiger partial charge in [0.1, 0.15) is 5.54 Å². The molecule has 3 rings (SSSR count). The Balaban J connectivity index is 2.17. The van der Waals surface area contributed by atoms with Crippen molar-refractivity contribution < 1.29 is 37.8 Å². The Bertz CT molecular complexity index is 1010. The van der Waals surface area contributed by atoms with Crippen LogP contribution in [0.1, 0.15) is 53.5 Å². The molecule has 2 N–H and O–H groups in total. The van der Waals surface area contributed by atoms with Crippen molar-refractivity contribution in [2.24, 2.45) is 11.8 Å². The number of nitrogens with zero attached hydrogens (tertiary/aromatic N) is 2. The van der Waals surface area contributed by atoms with Gasteiger partial charge in [-0.2, -0.15) is 13.2 Å². The predicted octanol–water partition coefficient (Wildman–Crippen LogP) is 4.32. The minimum Gasteiger partial charge on any atom is -0.481 e. The van der Waals surface area contributed by atoms with E-state index in [2.05, 4.69) is 4.98 Å². The second-order valence-corrected chi connectivity index (χ2v) is 9.10. The van der Waals surface area contributed by atoms with E-state index in [1.807, 2.05) is 0 Å². The van der Waals surface area contributed by atoms with Crippen molar-refractivity contribution in [3.05, 3.63) is 52.0 Å². The number of aliphatic carboxylic acids is 2. The molecule has 1 saturated heterocycles. The summed E-state index contributed by atoms with van der Waals surface area (Å²) in [6.07, 6.45) is -3.57. The minimum absolute atomic E-state index is 0.0200. The summed E-state index contributed by atoms with van der Waals surface area (Å²) < 4.78 is 38.8. The maximum absolute atomic E-state index is 13.6. The zero-order valence-corrected chi connectivity index (χ0v) is 18.0. The second-order valence-electron chi connectivity index (χ2n) is 8.18. The molecule has 1 aliphatic rings. The molecule has 32 heavy (non-hydrogen) atoms. The van der Waals surface area contributed by atoms with Crippen molar-refractivity contribution in [2.75, 3.05) is 0 Å². The molecule has 7 nitrogen and oxygen atoms in total. The first-order valence-electron chi connectivity index (χ1n) is 9.74. The number of alkyl halides is 3. The Morgan fingerprint density at radius 2 is 1.84 bits per heavy atom. The number of halogens is 3. The molecule has 0 spiro atoms. The fourth-order valence-electron chi connectivity index (χ4n) is 4.34. The fraction of sp³-hybridized carbons (Fsp3) is 0.429. The third-order valence-electron chi connectivity index (χ3n) is 5.56. The van der Waals surface area contributed by atoms with Crippen LogP contribution in [0, 0.1) is 11.8 Å². The lowest BCUT2D eigenvalue weighted by Crippen LogP contribution is -2.54. The molecule has 1 amide bonds. The van der Waals surface area contributed by atoms with Gasteiger partial charge in [0, 0.05) is 16.6 Å². The SMILES string of the molecule is CC(C)C[C@@]1(C(=O)O)C[C@H](C(=O)O)[C@H](c2cncs2)N1C(=O)c1ccc(C(F)(F)F)cc1. The Morgan fingerprint density at radius 3 is 2.28 bits per heavy atom. The van der Waals surface area contributed by atoms with E-state index in [0.717, 1.165) is 40.5 Å². The van der Waals surface area contributed by atoms with Gasteiger partial charge in [0.2, 0.25) is 0 Å². The number of thiazole rings is 1. The molecule has 172 valence electrons. The van der Waals surface area contributed by atoms with Gasteiger partial charge >= 0.3 is 18.1 Å². The largest absolute Gasteiger partial charge is 0.481 e. The van der Waals surface area contributed by atoms with Crippen LogP contribution in [0.4, 0.5) is 13.2 Å². The van der Waals surface area contributed by atoms with Gasteiger partial charge in [-0.3, -0.25) is 14.6 Å². The highest BCUT2D eigenvalue weighted by Crippen LogP contribution is 2.51. The molecule has 2 heterocycles. The number of rotatable bonds is 6. The Kier molecular flexibility index (Phi) is 6.32. The Labute approximate surface area is 185 Å². The van der Waals surface area contributed by atoms with Gasteiger partial charge in [-0.25, -0.2) is 4.79 Å². The zero-order valence-electron chi connectivity index (χ0n) is 17.2. The lowest BCUT2D eigenvalue weighted by Gasteiger charge is -2.39. The number of amides is 1. The van der Waals surface area contributed by atoms with Gasteiger partial charge in [0.25, 0.3) is 5.91 Å². The van der Waals surface area contributed by atoms with Crippen LogP contribution in [-0.2, 0) is 15.8 Å². The highest BCUT2D eigenvalue weighted by atomic mass is 32.1. The van der Waals surface area contributed by atoms with Gasteiger partial charge in [0.15, 0.2) is 0 Å². The normalized spacial score (nSPS) is 23.5. The summed E-state index contributed by atoms with van der Waals surface area (Å²) in [4.78, 5) is 43.5. The molecule has 1 fully saturated rings. The summed E-state index contributed by atoms with van der Waals surface area (Å²) in [6.45, 7) is 3.50. The standard InChI is InChI=1S/C21H21F3N2O5S/c1-11(2)7-20(19(30)31)8-14(18(28)29)16(15-9-25-10-32-15)26(20)17(27)12-3-5-13(6-4-12)21(22,23)24/h3-6,9-11,14,16H,7-8H2,1-2H3,(H,28,29)(H,30,31)/t14-,16+,20-/m0/s1. The highest BCUT2D eigenvalue weighted by Gasteiger charge is 2.61. The number of hydrogen-bond acceptors (Lipinski definition) is 5. The third kappa shape index (κ3) is 4.21. The summed E-state index contributed by atoms with van der Waals surface area (Å²) >= 11 is 1.08. The molecule has 0 bridgehead atoms. The van der Waals surface area contributed by atoms with Gasteiger partial charge in [0.05, 0.1) is 23.0 Å². The van der Waals surface area contributed by atoms with E-state index >= 15 is 0 Å². The Morgan fingerprint density at radius 1 is 1.22 bits per heavy atom. The molecule has 1 aromatic heterocycles. The molecule has 1 aliphatic heterocycles. The number of benzene rings is 1. The topological polar surface area (TPSA) is 108 Å². The van der Waals surface area contributed by atoms with E-state index < -0.39 is 47.1 Å². The molecular formula is C21H21F3N2O5S. The molecule has 3 atom stereocenters. The van der Waals surface area contributed by atoms with Gasteiger partial charge in [-0.15, -0.1) is 11.3 Å². The van der Waals surface area contributed by atoms with Crippen LogP contribution in [0.5, 0.6) is 0 Å². The maximum Gasteiger partial charge on any atom is 0.416 e. The van der Waals surface area contributed by atoms with Gasteiger partial charge in [-0.1, -0.05) is 13.8 Å². The number of aromatic nitrogens is 1. The van der Waals surface area contributed by atoms with E-state index in [4.69, 9.17) is 0 Å². The number of hydrogen-bond donors (Lipinski definition) is 2. The van der Waals surface area contributed by atoms with Crippen LogP contribution >= 0.6 is 11.3 Å². The van der Waals surface area contributed by atoms with E-state index in [1.165, 1.54) is 11.7 Å². The quantitative estimate of drug-likeness (QED) is 0.651. The van der Waals surface area contributed by atoms with Crippen LogP contribution in [0.3, 0.4) is 0 Å². The molecule has 0 saturated carbocycles. The average molecular weight is 470 g/mol. The van der Waals surface area contributed by atoms with Crippen LogP contribution in [0.15, 0.2) is 36.0 Å². The zero-order chi connectivity index (χ0) is 23.8. The minimum atomic E-state index is -4.60. The molecule has 1 aromatic carbocycles. The van der Waals surface area contributed by atoms with Crippen LogP contribution in [-0.4, -0.2) is 43.5 Å². The molecule has 0 unspecified atom stereocenters. The lowest BCUT2D eigenvalue weighted by atomic mass is 9.83. The first-order chi connectivity index (χ1) is 14.9. The van der Waals surface area contributed by atoms with Crippen molar-refractivity contribution in [3.8, 4) is 0 Å².